The molecule has 0 saturated heterocycles. The largest absolute Gasteiger partial charge is 0.469 e. The molecule has 0 aromatic heterocycles. The van der Waals surface area contributed by atoms with Crippen LogP contribution in [0.25, 0.3) is 0 Å². The molecular formula is C22H44N2O2S. The highest BCUT2D eigenvalue weighted by Gasteiger charge is 2.00. The first-order valence-electron chi connectivity index (χ1n) is 11.3. The molecule has 5 heteroatoms. The van der Waals surface area contributed by atoms with Crippen molar-refractivity contribution in [3.8, 4) is 0 Å². The van der Waals surface area contributed by atoms with Crippen LogP contribution in [0.2, 0.25) is 0 Å². The molecule has 0 aromatic rings. The maximum atomic E-state index is 11.0. The molecule has 0 fully saturated rings. The minimum Gasteiger partial charge on any atom is -0.469 e. The van der Waals surface area contributed by atoms with E-state index in [0.717, 1.165) is 13.0 Å². The van der Waals surface area contributed by atoms with E-state index in [0.29, 0.717) is 18.1 Å². The molecule has 160 valence electrons. The average Bonchev–Trinajstić information content (AvgIpc) is 2.68. The SMILES string of the molecule is CCCCCCCCCCCCCCCCNC(=S)NCCCC(=O)OC. The summed E-state index contributed by atoms with van der Waals surface area (Å²) < 4.78 is 4.60. The molecule has 0 heterocycles. The van der Waals surface area contributed by atoms with Gasteiger partial charge in [-0.1, -0.05) is 90.4 Å². The molecular weight excluding hydrogens is 356 g/mol. The second-order valence-electron chi connectivity index (χ2n) is 7.46. The Bertz CT molecular complexity index is 351. The zero-order valence-electron chi connectivity index (χ0n) is 18.0. The summed E-state index contributed by atoms with van der Waals surface area (Å²) in [5, 5.41) is 7.05. The minimum atomic E-state index is -0.168. The topological polar surface area (TPSA) is 50.4 Å². The number of rotatable bonds is 19. The first-order valence-corrected chi connectivity index (χ1v) is 11.7. The Kier molecular flexibility index (Phi) is 20.8. The van der Waals surface area contributed by atoms with Gasteiger partial charge in [0.15, 0.2) is 5.11 Å². The summed E-state index contributed by atoms with van der Waals surface area (Å²) in [6.07, 6.45) is 20.5. The van der Waals surface area contributed by atoms with Gasteiger partial charge in [0, 0.05) is 19.5 Å². The zero-order valence-corrected chi connectivity index (χ0v) is 18.8. The molecule has 4 nitrogen and oxygen atoms in total. The highest BCUT2D eigenvalue weighted by molar-refractivity contribution is 7.80. The molecule has 0 amide bonds. The molecule has 0 bridgehead atoms. The number of hydrogen-bond donors (Lipinski definition) is 2. The van der Waals surface area contributed by atoms with Crippen LogP contribution in [0.15, 0.2) is 0 Å². The fourth-order valence-corrected chi connectivity index (χ4v) is 3.32. The summed E-state index contributed by atoms with van der Waals surface area (Å²) in [6.45, 7) is 3.92. The Hall–Kier alpha value is -0.840. The molecule has 0 aliphatic carbocycles. The molecule has 0 spiro atoms. The monoisotopic (exact) mass is 400 g/mol. The summed E-state index contributed by atoms with van der Waals surface area (Å²) in [6, 6.07) is 0. The second-order valence-corrected chi connectivity index (χ2v) is 7.87. The lowest BCUT2D eigenvalue weighted by atomic mass is 10.0. The van der Waals surface area contributed by atoms with Crippen LogP contribution in [0, 0.1) is 0 Å². The van der Waals surface area contributed by atoms with Crippen molar-refractivity contribution in [1.29, 1.82) is 0 Å². The standard InChI is InChI=1S/C22H44N2O2S/c1-3-4-5-6-7-8-9-10-11-12-13-14-15-16-19-23-22(27)24-20-17-18-21(25)26-2/h3-20H2,1-2H3,(H2,23,24,27). The van der Waals surface area contributed by atoms with Gasteiger partial charge in [-0.25, -0.2) is 0 Å². The number of esters is 1. The fourth-order valence-electron chi connectivity index (χ4n) is 3.12. The number of carbonyl (C=O) groups excluding carboxylic acids is 1. The normalized spacial score (nSPS) is 10.6. The van der Waals surface area contributed by atoms with E-state index in [2.05, 4.69) is 22.3 Å². The van der Waals surface area contributed by atoms with Crippen LogP contribution in [-0.2, 0) is 9.53 Å². The van der Waals surface area contributed by atoms with Gasteiger partial charge in [0.05, 0.1) is 7.11 Å². The van der Waals surface area contributed by atoms with Crippen LogP contribution in [0.3, 0.4) is 0 Å². The van der Waals surface area contributed by atoms with Crippen molar-refractivity contribution in [2.75, 3.05) is 20.2 Å². The van der Waals surface area contributed by atoms with E-state index in [9.17, 15) is 4.79 Å². The summed E-state index contributed by atoms with van der Waals surface area (Å²) in [4.78, 5) is 11.0. The molecule has 0 radical (unpaired) electrons. The number of hydrogen-bond acceptors (Lipinski definition) is 3. The van der Waals surface area contributed by atoms with Gasteiger partial charge in [-0.15, -0.1) is 0 Å². The number of nitrogens with one attached hydrogen (secondary N) is 2. The molecule has 0 aliphatic rings. The van der Waals surface area contributed by atoms with Crippen molar-refractivity contribution >= 4 is 23.3 Å². The van der Waals surface area contributed by atoms with Crippen LogP contribution in [0.4, 0.5) is 0 Å². The van der Waals surface area contributed by atoms with E-state index in [-0.39, 0.29) is 5.97 Å². The Morgan fingerprint density at radius 3 is 1.56 bits per heavy atom. The Morgan fingerprint density at radius 2 is 1.11 bits per heavy atom. The quantitative estimate of drug-likeness (QED) is 0.161. The first-order chi connectivity index (χ1) is 13.2. The van der Waals surface area contributed by atoms with Crippen molar-refractivity contribution in [1.82, 2.24) is 10.6 Å². The predicted octanol–water partition coefficient (Wildman–Crippen LogP) is 5.89. The lowest BCUT2D eigenvalue weighted by Gasteiger charge is -2.10. The second kappa shape index (κ2) is 21.5. The van der Waals surface area contributed by atoms with E-state index in [4.69, 9.17) is 12.2 Å². The van der Waals surface area contributed by atoms with Gasteiger partial charge in [0.25, 0.3) is 0 Å². The van der Waals surface area contributed by atoms with Crippen molar-refractivity contribution < 1.29 is 9.53 Å². The summed E-state index contributed by atoms with van der Waals surface area (Å²) in [7, 11) is 1.42. The van der Waals surface area contributed by atoms with Crippen molar-refractivity contribution in [3.05, 3.63) is 0 Å². The van der Waals surface area contributed by atoms with Gasteiger partial charge in [-0.3, -0.25) is 4.79 Å². The van der Waals surface area contributed by atoms with Gasteiger partial charge in [-0.2, -0.15) is 0 Å². The van der Waals surface area contributed by atoms with Gasteiger partial charge < -0.3 is 15.4 Å². The molecule has 0 rings (SSSR count). The molecule has 0 aromatic carbocycles. The van der Waals surface area contributed by atoms with Crippen molar-refractivity contribution in [3.63, 3.8) is 0 Å². The predicted molar refractivity (Wildman–Crippen MR) is 120 cm³/mol. The molecule has 27 heavy (non-hydrogen) atoms. The summed E-state index contributed by atoms with van der Waals surface area (Å²) >= 11 is 5.22. The minimum absolute atomic E-state index is 0.168. The first kappa shape index (κ1) is 26.2. The highest BCUT2D eigenvalue weighted by Crippen LogP contribution is 2.12. The van der Waals surface area contributed by atoms with E-state index >= 15 is 0 Å². The van der Waals surface area contributed by atoms with Crippen LogP contribution in [0.1, 0.15) is 110 Å². The van der Waals surface area contributed by atoms with E-state index in [1.54, 1.807) is 0 Å². The summed E-state index contributed by atoms with van der Waals surface area (Å²) in [5.41, 5.74) is 0. The lowest BCUT2D eigenvalue weighted by molar-refractivity contribution is -0.140. The van der Waals surface area contributed by atoms with Gasteiger partial charge in [0.1, 0.15) is 0 Å². The molecule has 0 atom stereocenters. The smallest absolute Gasteiger partial charge is 0.305 e. The van der Waals surface area contributed by atoms with Crippen LogP contribution < -0.4 is 10.6 Å². The Balaban J connectivity index is 3.15. The molecule has 0 saturated carbocycles. The zero-order chi connectivity index (χ0) is 20.0. The molecule has 2 N–H and O–H groups in total. The van der Waals surface area contributed by atoms with Gasteiger partial charge >= 0.3 is 5.97 Å². The van der Waals surface area contributed by atoms with Gasteiger partial charge in [-0.05, 0) is 25.1 Å². The molecule has 0 aliphatic heterocycles. The van der Waals surface area contributed by atoms with Crippen LogP contribution >= 0.6 is 12.2 Å². The number of unbranched alkanes of at least 4 members (excludes halogenated alkanes) is 13. The number of carbonyl (C=O) groups is 1. The fraction of sp³-hybridized carbons (Fsp3) is 0.909. The Labute approximate surface area is 173 Å². The number of ether oxygens (including phenoxy) is 1. The maximum absolute atomic E-state index is 11.0. The summed E-state index contributed by atoms with van der Waals surface area (Å²) in [5.74, 6) is -0.168. The van der Waals surface area contributed by atoms with Crippen molar-refractivity contribution in [2.24, 2.45) is 0 Å². The highest BCUT2D eigenvalue weighted by atomic mass is 32.1. The van der Waals surface area contributed by atoms with E-state index in [1.807, 2.05) is 0 Å². The van der Waals surface area contributed by atoms with E-state index < -0.39 is 0 Å². The number of methoxy groups -OCH3 is 1. The van der Waals surface area contributed by atoms with Crippen LogP contribution in [0.5, 0.6) is 0 Å². The van der Waals surface area contributed by atoms with E-state index in [1.165, 1.54) is 97.0 Å². The lowest BCUT2D eigenvalue weighted by Crippen LogP contribution is -2.36. The molecule has 0 unspecified atom stereocenters. The Morgan fingerprint density at radius 1 is 0.704 bits per heavy atom. The number of thiocarbonyl (C=S) groups is 1. The van der Waals surface area contributed by atoms with Crippen LogP contribution in [-0.4, -0.2) is 31.3 Å². The third-order valence-electron chi connectivity index (χ3n) is 4.89. The maximum Gasteiger partial charge on any atom is 0.305 e. The third kappa shape index (κ3) is 21.3. The average molecular weight is 401 g/mol. The third-order valence-corrected chi connectivity index (χ3v) is 5.18. The van der Waals surface area contributed by atoms with Gasteiger partial charge in [0.2, 0.25) is 0 Å². The van der Waals surface area contributed by atoms with Crippen molar-refractivity contribution in [2.45, 2.75) is 110 Å².